The third-order valence-corrected chi connectivity index (χ3v) is 3.72. The van der Waals surface area contributed by atoms with Crippen LogP contribution in [0, 0.1) is 12.8 Å². The van der Waals surface area contributed by atoms with E-state index in [1.54, 1.807) is 6.08 Å². The molecule has 0 aliphatic rings. The number of rotatable bonds is 6. The van der Waals surface area contributed by atoms with E-state index in [2.05, 4.69) is 10.6 Å². The average Bonchev–Trinajstić information content (AvgIpc) is 2.60. The lowest BCUT2D eigenvalue weighted by molar-refractivity contribution is -0.119. The van der Waals surface area contributed by atoms with Gasteiger partial charge in [-0.25, -0.2) is 0 Å². The lowest BCUT2D eigenvalue weighted by Gasteiger charge is -2.08. The van der Waals surface area contributed by atoms with Crippen LogP contribution in [0.25, 0.3) is 6.08 Å². The first-order chi connectivity index (χ1) is 11.9. The van der Waals surface area contributed by atoms with Crippen LogP contribution in [0.4, 0.5) is 5.69 Å². The first-order valence-electron chi connectivity index (χ1n) is 8.36. The number of hydrogen-bond donors (Lipinski definition) is 2. The number of aryl methyl sites for hydroxylation is 1. The summed E-state index contributed by atoms with van der Waals surface area (Å²) < 4.78 is 0. The van der Waals surface area contributed by atoms with E-state index in [1.807, 2.05) is 69.3 Å². The van der Waals surface area contributed by atoms with Gasteiger partial charge in [0.1, 0.15) is 0 Å². The number of anilines is 1. The smallest absolute Gasteiger partial charge is 0.244 e. The fraction of sp³-hybridized carbons (Fsp3) is 0.238. The Kier molecular flexibility index (Phi) is 6.52. The number of benzene rings is 2. The molecule has 25 heavy (non-hydrogen) atoms. The van der Waals surface area contributed by atoms with Crippen molar-refractivity contribution in [3.05, 3.63) is 71.3 Å². The van der Waals surface area contributed by atoms with Crippen LogP contribution >= 0.6 is 0 Å². The van der Waals surface area contributed by atoms with Gasteiger partial charge in [0.2, 0.25) is 11.8 Å². The molecule has 0 spiro atoms. The van der Waals surface area contributed by atoms with Crippen LogP contribution in [0.2, 0.25) is 0 Å². The zero-order valence-corrected chi connectivity index (χ0v) is 14.9. The van der Waals surface area contributed by atoms with E-state index < -0.39 is 0 Å². The van der Waals surface area contributed by atoms with Gasteiger partial charge in [0.15, 0.2) is 0 Å². The maximum absolute atomic E-state index is 11.9. The van der Waals surface area contributed by atoms with Crippen molar-refractivity contribution >= 4 is 23.6 Å². The number of amides is 2. The van der Waals surface area contributed by atoms with E-state index in [0.717, 1.165) is 16.8 Å². The molecule has 4 heteroatoms. The fourth-order valence-corrected chi connectivity index (χ4v) is 2.09. The topological polar surface area (TPSA) is 58.2 Å². The molecule has 2 aromatic carbocycles. The first kappa shape index (κ1) is 18.5. The Morgan fingerprint density at radius 1 is 1.00 bits per heavy atom. The summed E-state index contributed by atoms with van der Waals surface area (Å²) in [5.41, 5.74) is 3.91. The maximum Gasteiger partial charge on any atom is 0.244 e. The SMILES string of the molecule is Cc1ccc(/C=C/C(=O)NCc2ccc(NC(=O)C(C)C)cc2)cc1. The molecule has 4 nitrogen and oxygen atoms in total. The molecule has 0 aliphatic carbocycles. The first-order valence-corrected chi connectivity index (χ1v) is 8.36. The summed E-state index contributed by atoms with van der Waals surface area (Å²) in [6.07, 6.45) is 3.32. The van der Waals surface area contributed by atoms with E-state index in [4.69, 9.17) is 0 Å². The third-order valence-electron chi connectivity index (χ3n) is 3.72. The Bertz CT molecular complexity index is 744. The highest BCUT2D eigenvalue weighted by Crippen LogP contribution is 2.11. The highest BCUT2D eigenvalue weighted by molar-refractivity contribution is 5.92. The molecule has 0 radical (unpaired) electrons. The molecule has 2 amide bonds. The van der Waals surface area contributed by atoms with Crippen molar-refractivity contribution in [2.45, 2.75) is 27.3 Å². The Morgan fingerprint density at radius 3 is 2.24 bits per heavy atom. The molecule has 130 valence electrons. The van der Waals surface area contributed by atoms with Crippen LogP contribution in [0.1, 0.15) is 30.5 Å². The standard InChI is InChI=1S/C21H24N2O2/c1-15(2)21(25)23-19-11-8-18(9-12-19)14-22-20(24)13-10-17-6-4-16(3)5-7-17/h4-13,15H,14H2,1-3H3,(H,22,24)(H,23,25)/b13-10+. The zero-order valence-electron chi connectivity index (χ0n) is 14.9. The Morgan fingerprint density at radius 2 is 1.64 bits per heavy atom. The minimum atomic E-state index is -0.141. The summed E-state index contributed by atoms with van der Waals surface area (Å²) >= 11 is 0. The van der Waals surface area contributed by atoms with E-state index in [-0.39, 0.29) is 17.7 Å². The lowest BCUT2D eigenvalue weighted by atomic mass is 10.1. The van der Waals surface area contributed by atoms with Gasteiger partial charge in [-0.15, -0.1) is 0 Å². The van der Waals surface area contributed by atoms with Gasteiger partial charge in [0.25, 0.3) is 0 Å². The molecular weight excluding hydrogens is 312 g/mol. The largest absolute Gasteiger partial charge is 0.348 e. The second kappa shape index (κ2) is 8.83. The number of nitrogens with one attached hydrogen (secondary N) is 2. The minimum absolute atomic E-state index is 0.0118. The summed E-state index contributed by atoms with van der Waals surface area (Å²) in [6.45, 7) is 6.17. The molecule has 0 unspecified atom stereocenters. The Balaban J connectivity index is 1.83. The zero-order chi connectivity index (χ0) is 18.2. The van der Waals surface area contributed by atoms with Crippen molar-refractivity contribution in [1.82, 2.24) is 5.32 Å². The van der Waals surface area contributed by atoms with Crippen molar-refractivity contribution < 1.29 is 9.59 Å². The van der Waals surface area contributed by atoms with Crippen LogP contribution in [0.15, 0.2) is 54.6 Å². The number of carbonyl (C=O) groups excluding carboxylic acids is 2. The molecule has 0 fully saturated rings. The molecule has 0 saturated carbocycles. The van der Waals surface area contributed by atoms with Gasteiger partial charge in [0, 0.05) is 24.2 Å². The van der Waals surface area contributed by atoms with Crippen LogP contribution in [0.3, 0.4) is 0 Å². The summed E-state index contributed by atoms with van der Waals surface area (Å²) in [7, 11) is 0. The molecule has 0 atom stereocenters. The Labute approximate surface area is 149 Å². The predicted molar refractivity (Wildman–Crippen MR) is 102 cm³/mol. The van der Waals surface area contributed by atoms with Crippen LogP contribution < -0.4 is 10.6 Å². The maximum atomic E-state index is 11.9. The fourth-order valence-electron chi connectivity index (χ4n) is 2.09. The summed E-state index contributed by atoms with van der Waals surface area (Å²) in [4.78, 5) is 23.5. The van der Waals surface area contributed by atoms with Gasteiger partial charge in [0.05, 0.1) is 0 Å². The van der Waals surface area contributed by atoms with Gasteiger partial charge < -0.3 is 10.6 Å². The molecule has 2 rings (SSSR count). The second-order valence-electron chi connectivity index (χ2n) is 6.30. The van der Waals surface area contributed by atoms with Crippen molar-refractivity contribution in [3.63, 3.8) is 0 Å². The molecule has 0 heterocycles. The summed E-state index contributed by atoms with van der Waals surface area (Å²) in [6, 6.07) is 15.4. The van der Waals surface area contributed by atoms with Gasteiger partial charge >= 0.3 is 0 Å². The molecule has 0 saturated heterocycles. The normalized spacial score (nSPS) is 10.9. The van der Waals surface area contributed by atoms with Crippen molar-refractivity contribution in [3.8, 4) is 0 Å². The molecule has 0 aromatic heterocycles. The lowest BCUT2D eigenvalue weighted by Crippen LogP contribution is -2.20. The van der Waals surface area contributed by atoms with Gasteiger partial charge in [-0.1, -0.05) is 55.8 Å². The Hall–Kier alpha value is -2.88. The van der Waals surface area contributed by atoms with Gasteiger partial charge in [-0.3, -0.25) is 9.59 Å². The van der Waals surface area contributed by atoms with Crippen LogP contribution in [-0.4, -0.2) is 11.8 Å². The number of carbonyl (C=O) groups is 2. The third kappa shape index (κ3) is 6.26. The molecule has 0 aliphatic heterocycles. The molecule has 0 bridgehead atoms. The van der Waals surface area contributed by atoms with E-state index in [0.29, 0.717) is 6.54 Å². The second-order valence-corrected chi connectivity index (χ2v) is 6.30. The quantitative estimate of drug-likeness (QED) is 0.786. The van der Waals surface area contributed by atoms with Crippen molar-refractivity contribution in [2.24, 2.45) is 5.92 Å². The van der Waals surface area contributed by atoms with Crippen LogP contribution in [-0.2, 0) is 16.1 Å². The van der Waals surface area contributed by atoms with Crippen LogP contribution in [0.5, 0.6) is 0 Å². The van der Waals surface area contributed by atoms with E-state index >= 15 is 0 Å². The molecule has 2 N–H and O–H groups in total. The monoisotopic (exact) mass is 336 g/mol. The molecule has 2 aromatic rings. The summed E-state index contributed by atoms with van der Waals surface area (Å²) in [5, 5.41) is 5.68. The van der Waals surface area contributed by atoms with Gasteiger partial charge in [-0.2, -0.15) is 0 Å². The highest BCUT2D eigenvalue weighted by Gasteiger charge is 2.06. The average molecular weight is 336 g/mol. The number of hydrogen-bond acceptors (Lipinski definition) is 2. The summed E-state index contributed by atoms with van der Waals surface area (Å²) in [5.74, 6) is -0.209. The highest BCUT2D eigenvalue weighted by atomic mass is 16.2. The van der Waals surface area contributed by atoms with E-state index in [1.165, 1.54) is 11.6 Å². The van der Waals surface area contributed by atoms with Crippen molar-refractivity contribution in [2.75, 3.05) is 5.32 Å². The molecular formula is C21H24N2O2. The van der Waals surface area contributed by atoms with E-state index in [9.17, 15) is 9.59 Å². The predicted octanol–water partition coefficient (Wildman–Crippen LogP) is 3.92. The van der Waals surface area contributed by atoms with Gasteiger partial charge in [-0.05, 0) is 36.3 Å². The van der Waals surface area contributed by atoms with Crippen molar-refractivity contribution in [1.29, 1.82) is 0 Å². The minimum Gasteiger partial charge on any atom is -0.348 e.